The number of hydrogen-bond donors (Lipinski definition) is 0. The number of rotatable bonds is 10. The molecule has 1 amide bonds. The van der Waals surface area contributed by atoms with Crippen LogP contribution in [0, 0.1) is 0 Å². The molecule has 0 N–H and O–H groups in total. The molecule has 0 atom stereocenters. The summed E-state index contributed by atoms with van der Waals surface area (Å²) in [6.07, 6.45) is 7.23. The molecule has 0 aliphatic heterocycles. The minimum Gasteiger partial charge on any atom is -0.497 e. The zero-order valence-electron chi connectivity index (χ0n) is 17.9. The van der Waals surface area contributed by atoms with Crippen molar-refractivity contribution in [1.29, 1.82) is 0 Å². The van der Waals surface area contributed by atoms with Gasteiger partial charge in [-0.2, -0.15) is 0 Å². The first-order chi connectivity index (χ1) is 14.2. The first kappa shape index (κ1) is 21.0. The Balaban J connectivity index is 1.82. The molecular formula is C25H32N2O2. The summed E-state index contributed by atoms with van der Waals surface area (Å²) in [5.41, 5.74) is 2.68. The maximum absolute atomic E-state index is 13.5. The van der Waals surface area contributed by atoms with Crippen LogP contribution < -0.4 is 9.64 Å². The molecule has 0 aliphatic carbocycles. The molecule has 29 heavy (non-hydrogen) atoms. The van der Waals surface area contributed by atoms with Crippen LogP contribution in [0.25, 0.3) is 10.9 Å². The number of para-hydroxylation sites is 1. The number of fused-ring (bicyclic) bond motifs is 1. The maximum atomic E-state index is 13.5. The highest BCUT2D eigenvalue weighted by Crippen LogP contribution is 2.26. The van der Waals surface area contributed by atoms with E-state index in [1.807, 2.05) is 71.1 Å². The molecule has 4 heteroatoms. The van der Waals surface area contributed by atoms with E-state index in [1.165, 1.54) is 25.7 Å². The first-order valence-corrected chi connectivity index (χ1v) is 10.7. The molecule has 1 aromatic heterocycles. The average molecular weight is 393 g/mol. The fourth-order valence-corrected chi connectivity index (χ4v) is 3.80. The SMILES string of the molecule is CCCCCCCCN(C(=O)c1cc2cc(OC)ccc2n1C)c1ccccc1. The quantitative estimate of drug-likeness (QED) is 0.385. The second kappa shape index (κ2) is 10.1. The van der Waals surface area contributed by atoms with Gasteiger partial charge in [-0.1, -0.05) is 57.2 Å². The molecule has 0 bridgehead atoms. The smallest absolute Gasteiger partial charge is 0.274 e. The minimum absolute atomic E-state index is 0.0439. The van der Waals surface area contributed by atoms with Crippen LogP contribution in [0.15, 0.2) is 54.6 Å². The molecule has 1 heterocycles. The fourth-order valence-electron chi connectivity index (χ4n) is 3.80. The Bertz CT molecular complexity index is 931. The first-order valence-electron chi connectivity index (χ1n) is 10.7. The second-order valence-electron chi connectivity index (χ2n) is 7.57. The monoisotopic (exact) mass is 392 g/mol. The predicted octanol–water partition coefficient (Wildman–Crippen LogP) is 6.19. The molecule has 3 aromatic rings. The second-order valence-corrected chi connectivity index (χ2v) is 7.57. The van der Waals surface area contributed by atoms with Crippen LogP contribution in [0.3, 0.4) is 0 Å². The molecular weight excluding hydrogens is 360 g/mol. The third-order valence-corrected chi connectivity index (χ3v) is 5.52. The van der Waals surface area contributed by atoms with Crippen molar-refractivity contribution < 1.29 is 9.53 Å². The van der Waals surface area contributed by atoms with Gasteiger partial charge in [0.05, 0.1) is 7.11 Å². The molecule has 2 aromatic carbocycles. The number of hydrogen-bond acceptors (Lipinski definition) is 2. The number of aromatic nitrogens is 1. The van der Waals surface area contributed by atoms with Crippen molar-refractivity contribution >= 4 is 22.5 Å². The van der Waals surface area contributed by atoms with Crippen molar-refractivity contribution in [2.75, 3.05) is 18.6 Å². The highest BCUT2D eigenvalue weighted by molar-refractivity contribution is 6.08. The number of carbonyl (C=O) groups is 1. The Morgan fingerprint density at radius 1 is 0.966 bits per heavy atom. The van der Waals surface area contributed by atoms with Crippen molar-refractivity contribution in [3.8, 4) is 5.75 Å². The molecule has 0 radical (unpaired) electrons. The van der Waals surface area contributed by atoms with Gasteiger partial charge in [0.1, 0.15) is 11.4 Å². The highest BCUT2D eigenvalue weighted by Gasteiger charge is 2.21. The summed E-state index contributed by atoms with van der Waals surface area (Å²) < 4.78 is 7.32. The van der Waals surface area contributed by atoms with Gasteiger partial charge in [-0.25, -0.2) is 0 Å². The molecule has 0 saturated carbocycles. The van der Waals surface area contributed by atoms with Crippen LogP contribution in [-0.4, -0.2) is 24.1 Å². The van der Waals surface area contributed by atoms with Crippen LogP contribution in [0.5, 0.6) is 5.75 Å². The number of ether oxygens (including phenoxy) is 1. The zero-order valence-corrected chi connectivity index (χ0v) is 17.9. The molecule has 0 unspecified atom stereocenters. The van der Waals surface area contributed by atoms with E-state index in [1.54, 1.807) is 7.11 Å². The lowest BCUT2D eigenvalue weighted by molar-refractivity contribution is 0.0979. The van der Waals surface area contributed by atoms with Gasteiger partial charge in [-0.3, -0.25) is 4.79 Å². The summed E-state index contributed by atoms with van der Waals surface area (Å²) in [4.78, 5) is 15.5. The zero-order chi connectivity index (χ0) is 20.6. The number of methoxy groups -OCH3 is 1. The van der Waals surface area contributed by atoms with Crippen molar-refractivity contribution in [1.82, 2.24) is 4.57 Å². The molecule has 154 valence electrons. The minimum atomic E-state index is 0.0439. The third kappa shape index (κ3) is 5.00. The standard InChI is InChI=1S/C25H32N2O2/c1-4-5-6-7-8-12-17-27(21-13-10-9-11-14-21)25(28)24-19-20-18-22(29-3)15-16-23(20)26(24)2/h9-11,13-16,18-19H,4-8,12,17H2,1-3H3. The fraction of sp³-hybridized carbons (Fsp3) is 0.400. The van der Waals surface area contributed by atoms with Crippen LogP contribution in [0.2, 0.25) is 0 Å². The normalized spacial score (nSPS) is 11.0. The lowest BCUT2D eigenvalue weighted by atomic mass is 10.1. The number of unbranched alkanes of at least 4 members (excludes halogenated alkanes) is 5. The average Bonchev–Trinajstić information content (AvgIpc) is 3.09. The summed E-state index contributed by atoms with van der Waals surface area (Å²) in [7, 11) is 3.61. The number of benzene rings is 2. The van der Waals surface area contributed by atoms with Crippen LogP contribution in [0.1, 0.15) is 55.9 Å². The van der Waals surface area contributed by atoms with Gasteiger partial charge in [0, 0.05) is 30.2 Å². The Labute approximate surface area is 174 Å². The van der Waals surface area contributed by atoms with E-state index >= 15 is 0 Å². The van der Waals surface area contributed by atoms with Gasteiger partial charge >= 0.3 is 0 Å². The molecule has 4 nitrogen and oxygen atoms in total. The molecule has 0 spiro atoms. The van der Waals surface area contributed by atoms with Gasteiger partial charge < -0.3 is 14.2 Å². The predicted molar refractivity (Wildman–Crippen MR) is 121 cm³/mol. The largest absolute Gasteiger partial charge is 0.497 e. The Morgan fingerprint density at radius 2 is 1.69 bits per heavy atom. The Hall–Kier alpha value is -2.75. The topological polar surface area (TPSA) is 34.5 Å². The van der Waals surface area contributed by atoms with E-state index in [4.69, 9.17) is 4.74 Å². The van der Waals surface area contributed by atoms with Gasteiger partial charge in [0.2, 0.25) is 0 Å². The Morgan fingerprint density at radius 3 is 2.41 bits per heavy atom. The van der Waals surface area contributed by atoms with E-state index in [-0.39, 0.29) is 5.91 Å². The number of carbonyl (C=O) groups excluding carboxylic acids is 1. The highest BCUT2D eigenvalue weighted by atomic mass is 16.5. The van der Waals surface area contributed by atoms with Gasteiger partial charge in [0.15, 0.2) is 0 Å². The lowest BCUT2D eigenvalue weighted by Gasteiger charge is -2.23. The third-order valence-electron chi connectivity index (χ3n) is 5.52. The summed E-state index contributed by atoms with van der Waals surface area (Å²) in [6.45, 7) is 2.97. The molecule has 0 saturated heterocycles. The summed E-state index contributed by atoms with van der Waals surface area (Å²) in [5, 5.41) is 1.02. The van der Waals surface area contributed by atoms with Crippen molar-refractivity contribution in [2.45, 2.75) is 45.4 Å². The summed E-state index contributed by atoms with van der Waals surface area (Å²) in [5.74, 6) is 0.844. The summed E-state index contributed by atoms with van der Waals surface area (Å²) >= 11 is 0. The Kier molecular flexibility index (Phi) is 7.34. The number of anilines is 1. The summed E-state index contributed by atoms with van der Waals surface area (Å²) in [6, 6.07) is 17.9. The van der Waals surface area contributed by atoms with Gasteiger partial charge in [-0.05, 0) is 42.8 Å². The number of aryl methyl sites for hydroxylation is 1. The lowest BCUT2D eigenvalue weighted by Crippen LogP contribution is -2.33. The van der Waals surface area contributed by atoms with E-state index in [2.05, 4.69) is 6.92 Å². The molecule has 3 rings (SSSR count). The van der Waals surface area contributed by atoms with Crippen molar-refractivity contribution in [2.24, 2.45) is 7.05 Å². The molecule has 0 fully saturated rings. The van der Waals surface area contributed by atoms with Gasteiger partial charge in [-0.15, -0.1) is 0 Å². The molecule has 0 aliphatic rings. The number of amides is 1. The van der Waals surface area contributed by atoms with E-state index < -0.39 is 0 Å². The van der Waals surface area contributed by atoms with Crippen LogP contribution in [-0.2, 0) is 7.05 Å². The van der Waals surface area contributed by atoms with Crippen LogP contribution >= 0.6 is 0 Å². The van der Waals surface area contributed by atoms with Gasteiger partial charge in [0.25, 0.3) is 5.91 Å². The van der Waals surface area contributed by atoms with E-state index in [9.17, 15) is 4.79 Å². The van der Waals surface area contributed by atoms with Crippen molar-refractivity contribution in [3.63, 3.8) is 0 Å². The van der Waals surface area contributed by atoms with Crippen molar-refractivity contribution in [3.05, 3.63) is 60.3 Å². The van der Waals surface area contributed by atoms with E-state index in [0.29, 0.717) is 5.69 Å². The number of nitrogens with zero attached hydrogens (tertiary/aromatic N) is 2. The maximum Gasteiger partial charge on any atom is 0.274 e. The van der Waals surface area contributed by atoms with Crippen LogP contribution in [0.4, 0.5) is 5.69 Å². The van der Waals surface area contributed by atoms with E-state index in [0.717, 1.165) is 41.7 Å².